The molecule has 0 fully saturated rings. The Kier molecular flexibility index (Phi) is 4.39. The van der Waals surface area contributed by atoms with E-state index in [4.69, 9.17) is 0 Å². The van der Waals surface area contributed by atoms with Gasteiger partial charge in [-0.25, -0.2) is 4.98 Å². The Bertz CT molecular complexity index is 518. The summed E-state index contributed by atoms with van der Waals surface area (Å²) in [6, 6.07) is 2.01. The second-order valence-corrected chi connectivity index (χ2v) is 4.72. The van der Waals surface area contributed by atoms with Gasteiger partial charge in [0, 0.05) is 33.0 Å². The summed E-state index contributed by atoms with van der Waals surface area (Å²) in [4.78, 5) is 10.5. The van der Waals surface area contributed by atoms with Gasteiger partial charge < -0.3 is 14.8 Å². The number of aromatic nitrogens is 3. The Morgan fingerprint density at radius 2 is 2.11 bits per heavy atom. The molecule has 0 saturated heterocycles. The lowest BCUT2D eigenvalue weighted by molar-refractivity contribution is 0.651. The van der Waals surface area contributed by atoms with Crippen LogP contribution >= 0.6 is 0 Å². The molecule has 5 heteroatoms. The van der Waals surface area contributed by atoms with E-state index in [-0.39, 0.29) is 0 Å². The standard InChI is InChI=1S/C14H21N5/c1-4-7-19-11-16-8-12(19)9-17-13-10-15-6-5-14(13)18(2)3/h5-6,8,10-11,17H,4,7,9H2,1-3H3. The molecule has 0 radical (unpaired) electrons. The Morgan fingerprint density at radius 1 is 1.26 bits per heavy atom. The second kappa shape index (κ2) is 6.22. The molecule has 1 N–H and O–H groups in total. The molecule has 2 aromatic heterocycles. The molecule has 0 aromatic carbocycles. The lowest BCUT2D eigenvalue weighted by Crippen LogP contribution is -2.13. The summed E-state index contributed by atoms with van der Waals surface area (Å²) >= 11 is 0. The zero-order valence-corrected chi connectivity index (χ0v) is 11.8. The summed E-state index contributed by atoms with van der Waals surface area (Å²) in [6.45, 7) is 3.93. The van der Waals surface area contributed by atoms with Gasteiger partial charge in [0.15, 0.2) is 0 Å². The molecule has 0 aliphatic rings. The molecule has 2 heterocycles. The molecule has 0 atom stereocenters. The Hall–Kier alpha value is -2.04. The highest BCUT2D eigenvalue weighted by molar-refractivity contribution is 5.67. The zero-order valence-electron chi connectivity index (χ0n) is 11.8. The first kappa shape index (κ1) is 13.4. The molecule has 0 amide bonds. The van der Waals surface area contributed by atoms with E-state index in [0.29, 0.717) is 0 Å². The maximum absolute atomic E-state index is 4.21. The molecule has 2 rings (SSSR count). The number of aryl methyl sites for hydroxylation is 1. The van der Waals surface area contributed by atoms with E-state index in [1.807, 2.05) is 45.1 Å². The van der Waals surface area contributed by atoms with Crippen molar-refractivity contribution < 1.29 is 0 Å². The molecule has 0 aliphatic heterocycles. The summed E-state index contributed by atoms with van der Waals surface area (Å²) < 4.78 is 2.18. The number of hydrogen-bond donors (Lipinski definition) is 1. The van der Waals surface area contributed by atoms with E-state index < -0.39 is 0 Å². The number of rotatable bonds is 6. The van der Waals surface area contributed by atoms with Gasteiger partial charge in [0.05, 0.1) is 36.1 Å². The number of pyridine rings is 1. The van der Waals surface area contributed by atoms with Gasteiger partial charge in [0.1, 0.15) is 0 Å². The lowest BCUT2D eigenvalue weighted by atomic mass is 10.3. The van der Waals surface area contributed by atoms with Crippen molar-refractivity contribution >= 4 is 11.4 Å². The maximum Gasteiger partial charge on any atom is 0.0948 e. The van der Waals surface area contributed by atoms with Crippen LogP contribution in [0.1, 0.15) is 19.0 Å². The Balaban J connectivity index is 2.08. The predicted molar refractivity (Wildman–Crippen MR) is 78.4 cm³/mol. The fraction of sp³-hybridized carbons (Fsp3) is 0.429. The summed E-state index contributed by atoms with van der Waals surface area (Å²) in [5, 5.41) is 3.43. The molecular formula is C14H21N5. The number of nitrogens with zero attached hydrogens (tertiary/aromatic N) is 4. The molecule has 0 saturated carbocycles. The summed E-state index contributed by atoms with van der Waals surface area (Å²) in [6.07, 6.45) is 8.57. The molecule has 0 spiro atoms. The summed E-state index contributed by atoms with van der Waals surface area (Å²) in [5.41, 5.74) is 3.36. The molecule has 0 unspecified atom stereocenters. The van der Waals surface area contributed by atoms with Gasteiger partial charge in [-0.3, -0.25) is 4.98 Å². The fourth-order valence-corrected chi connectivity index (χ4v) is 2.04. The molecule has 0 bridgehead atoms. The maximum atomic E-state index is 4.21. The lowest BCUT2D eigenvalue weighted by Gasteiger charge is -2.18. The highest BCUT2D eigenvalue weighted by atomic mass is 15.1. The first-order valence-electron chi connectivity index (χ1n) is 6.56. The third-order valence-electron chi connectivity index (χ3n) is 3.00. The van der Waals surface area contributed by atoms with Gasteiger partial charge in [-0.1, -0.05) is 6.92 Å². The van der Waals surface area contributed by atoms with Crippen LogP contribution in [0.15, 0.2) is 31.0 Å². The normalized spacial score (nSPS) is 10.5. The van der Waals surface area contributed by atoms with Crippen LogP contribution in [0.2, 0.25) is 0 Å². The minimum absolute atomic E-state index is 0.756. The second-order valence-electron chi connectivity index (χ2n) is 4.72. The van der Waals surface area contributed by atoms with E-state index in [1.54, 1.807) is 0 Å². The van der Waals surface area contributed by atoms with Crippen molar-refractivity contribution in [2.45, 2.75) is 26.4 Å². The number of imidazole rings is 1. The minimum Gasteiger partial charge on any atom is -0.376 e. The number of nitrogens with one attached hydrogen (secondary N) is 1. The van der Waals surface area contributed by atoms with E-state index >= 15 is 0 Å². The topological polar surface area (TPSA) is 46.0 Å². The minimum atomic E-state index is 0.756. The van der Waals surface area contributed by atoms with Gasteiger partial charge in [-0.2, -0.15) is 0 Å². The smallest absolute Gasteiger partial charge is 0.0948 e. The third kappa shape index (κ3) is 3.24. The molecule has 102 valence electrons. The number of hydrogen-bond acceptors (Lipinski definition) is 4. The highest BCUT2D eigenvalue weighted by Gasteiger charge is 2.06. The van der Waals surface area contributed by atoms with Gasteiger partial charge in [0.25, 0.3) is 0 Å². The van der Waals surface area contributed by atoms with Crippen LogP contribution in [0.3, 0.4) is 0 Å². The molecule has 0 aliphatic carbocycles. The van der Waals surface area contributed by atoms with Crippen LogP contribution in [0.4, 0.5) is 11.4 Å². The van der Waals surface area contributed by atoms with E-state index in [2.05, 4.69) is 31.7 Å². The van der Waals surface area contributed by atoms with Crippen LogP contribution in [0.5, 0.6) is 0 Å². The Labute approximate surface area is 114 Å². The average molecular weight is 259 g/mol. The van der Waals surface area contributed by atoms with Crippen molar-refractivity contribution in [1.29, 1.82) is 0 Å². The van der Waals surface area contributed by atoms with Gasteiger partial charge in [-0.15, -0.1) is 0 Å². The quantitative estimate of drug-likeness (QED) is 0.865. The van der Waals surface area contributed by atoms with Crippen molar-refractivity contribution in [2.75, 3.05) is 24.3 Å². The largest absolute Gasteiger partial charge is 0.376 e. The third-order valence-corrected chi connectivity index (χ3v) is 3.00. The summed E-state index contributed by atoms with van der Waals surface area (Å²) in [5.74, 6) is 0. The predicted octanol–water partition coefficient (Wildman–Crippen LogP) is 2.37. The van der Waals surface area contributed by atoms with Crippen molar-refractivity contribution in [2.24, 2.45) is 0 Å². The van der Waals surface area contributed by atoms with E-state index in [0.717, 1.165) is 30.9 Å². The van der Waals surface area contributed by atoms with Crippen molar-refractivity contribution in [3.05, 3.63) is 36.7 Å². The SMILES string of the molecule is CCCn1cncc1CNc1cnccc1N(C)C. The van der Waals surface area contributed by atoms with Crippen LogP contribution in [0, 0.1) is 0 Å². The molecular weight excluding hydrogens is 238 g/mol. The van der Waals surface area contributed by atoms with Crippen LogP contribution in [-0.2, 0) is 13.1 Å². The first-order valence-corrected chi connectivity index (χ1v) is 6.56. The molecule has 5 nitrogen and oxygen atoms in total. The molecule has 2 aromatic rings. The monoisotopic (exact) mass is 259 g/mol. The van der Waals surface area contributed by atoms with Crippen LogP contribution in [-0.4, -0.2) is 28.6 Å². The zero-order chi connectivity index (χ0) is 13.7. The van der Waals surface area contributed by atoms with Crippen molar-refractivity contribution in [3.63, 3.8) is 0 Å². The highest BCUT2D eigenvalue weighted by Crippen LogP contribution is 2.22. The van der Waals surface area contributed by atoms with Crippen LogP contribution < -0.4 is 10.2 Å². The first-order chi connectivity index (χ1) is 9.22. The van der Waals surface area contributed by atoms with E-state index in [9.17, 15) is 0 Å². The van der Waals surface area contributed by atoms with E-state index in [1.165, 1.54) is 5.69 Å². The average Bonchev–Trinajstić information content (AvgIpc) is 2.84. The molecule has 19 heavy (non-hydrogen) atoms. The Morgan fingerprint density at radius 3 is 2.84 bits per heavy atom. The van der Waals surface area contributed by atoms with Gasteiger partial charge >= 0.3 is 0 Å². The van der Waals surface area contributed by atoms with Gasteiger partial charge in [0.2, 0.25) is 0 Å². The van der Waals surface area contributed by atoms with Crippen LogP contribution in [0.25, 0.3) is 0 Å². The van der Waals surface area contributed by atoms with Gasteiger partial charge in [-0.05, 0) is 12.5 Å². The van der Waals surface area contributed by atoms with Crippen molar-refractivity contribution in [1.82, 2.24) is 14.5 Å². The number of anilines is 2. The fourth-order valence-electron chi connectivity index (χ4n) is 2.04. The van der Waals surface area contributed by atoms with Crippen molar-refractivity contribution in [3.8, 4) is 0 Å². The summed E-state index contributed by atoms with van der Waals surface area (Å²) in [7, 11) is 4.06.